The smallest absolute Gasteiger partial charge is 0.406 e. The fourth-order valence-electron chi connectivity index (χ4n) is 3.19. The molecule has 0 aliphatic carbocycles. The zero-order chi connectivity index (χ0) is 24.2. The maximum Gasteiger partial charge on any atom is 0.573 e. The molecule has 10 nitrogen and oxygen atoms in total. The molecule has 33 heavy (non-hydrogen) atoms. The van der Waals surface area contributed by atoms with Crippen molar-refractivity contribution in [3.8, 4) is 5.75 Å². The number of rotatable bonds is 7. The van der Waals surface area contributed by atoms with Crippen molar-refractivity contribution in [3.05, 3.63) is 64.2 Å². The molecule has 1 unspecified atom stereocenters. The third-order valence-corrected chi connectivity index (χ3v) is 6.70. The third-order valence-electron chi connectivity index (χ3n) is 4.77. The minimum Gasteiger partial charge on any atom is -0.406 e. The van der Waals surface area contributed by atoms with Crippen molar-refractivity contribution in [2.24, 2.45) is 0 Å². The largest absolute Gasteiger partial charge is 0.573 e. The van der Waals surface area contributed by atoms with Crippen LogP contribution in [0.5, 0.6) is 5.75 Å². The molecule has 2 aromatic carbocycles. The number of ether oxygens (including phenoxy) is 1. The van der Waals surface area contributed by atoms with E-state index in [9.17, 15) is 36.5 Å². The maximum atomic E-state index is 13.1. The van der Waals surface area contributed by atoms with Crippen molar-refractivity contribution in [2.45, 2.75) is 23.8 Å². The Hall–Kier alpha value is -3.23. The molecule has 178 valence electrons. The summed E-state index contributed by atoms with van der Waals surface area (Å²) in [6.07, 6.45) is -4.82. The second-order valence-corrected chi connectivity index (χ2v) is 8.89. The van der Waals surface area contributed by atoms with E-state index in [4.69, 9.17) is 0 Å². The zero-order valence-electron chi connectivity index (χ0n) is 16.9. The number of piperazine rings is 1. The van der Waals surface area contributed by atoms with Gasteiger partial charge in [0.25, 0.3) is 5.69 Å². The van der Waals surface area contributed by atoms with Crippen molar-refractivity contribution < 1.29 is 36.0 Å². The molecule has 1 saturated heterocycles. The summed E-state index contributed by atoms with van der Waals surface area (Å²) in [5, 5.41) is 16.3. The molecule has 2 aromatic rings. The number of halogens is 3. The first kappa shape index (κ1) is 24.4. The summed E-state index contributed by atoms with van der Waals surface area (Å²) in [4.78, 5) is 22.7. The molecule has 0 radical (unpaired) electrons. The highest BCUT2D eigenvalue weighted by molar-refractivity contribution is 7.89. The molecular formula is C19H19F3N4O6S. The van der Waals surface area contributed by atoms with Crippen LogP contribution in [0.25, 0.3) is 0 Å². The highest BCUT2D eigenvalue weighted by Gasteiger charge is 2.37. The van der Waals surface area contributed by atoms with E-state index in [0.717, 1.165) is 40.7 Å². The summed E-state index contributed by atoms with van der Waals surface area (Å²) in [6, 6.07) is 8.13. The Morgan fingerprint density at radius 1 is 1.18 bits per heavy atom. The number of carbonyl (C=O) groups excluding carboxylic acids is 1. The molecule has 3 rings (SSSR count). The van der Waals surface area contributed by atoms with Crippen LogP contribution in [0.15, 0.2) is 53.4 Å². The van der Waals surface area contributed by atoms with E-state index in [0.29, 0.717) is 12.1 Å². The number of hydrogen-bond acceptors (Lipinski definition) is 7. The molecule has 1 amide bonds. The van der Waals surface area contributed by atoms with Crippen molar-refractivity contribution in [1.82, 2.24) is 14.9 Å². The fraction of sp³-hybridized carbons (Fsp3) is 0.316. The number of alkyl halides is 3. The SMILES string of the molecule is O=C(NCc1ccc(OC(F)(F)F)cc1)C1CNCCN1S(=O)(=O)c1ccc([N+](=O)[O-])cc1. The average molecular weight is 488 g/mol. The number of non-ortho nitro benzene ring substituents is 1. The first-order chi connectivity index (χ1) is 15.5. The molecule has 0 bridgehead atoms. The molecule has 14 heteroatoms. The summed E-state index contributed by atoms with van der Waals surface area (Å²) in [7, 11) is -4.12. The van der Waals surface area contributed by atoms with Gasteiger partial charge in [-0.3, -0.25) is 14.9 Å². The number of amides is 1. The quantitative estimate of drug-likeness (QED) is 0.449. The lowest BCUT2D eigenvalue weighted by atomic mass is 10.2. The molecule has 0 spiro atoms. The van der Waals surface area contributed by atoms with Crippen molar-refractivity contribution in [3.63, 3.8) is 0 Å². The van der Waals surface area contributed by atoms with Gasteiger partial charge in [0.1, 0.15) is 11.8 Å². The zero-order valence-corrected chi connectivity index (χ0v) is 17.7. The third kappa shape index (κ3) is 6.18. The van der Waals surface area contributed by atoms with Gasteiger partial charge in [-0.25, -0.2) is 8.42 Å². The van der Waals surface area contributed by atoms with E-state index in [1.807, 2.05) is 0 Å². The summed E-state index contributed by atoms with van der Waals surface area (Å²) >= 11 is 0. The molecule has 1 aliphatic heterocycles. The van der Waals surface area contributed by atoms with E-state index in [2.05, 4.69) is 15.4 Å². The maximum absolute atomic E-state index is 13.1. The molecule has 0 aromatic heterocycles. The fourth-order valence-corrected chi connectivity index (χ4v) is 4.78. The average Bonchev–Trinajstić information content (AvgIpc) is 2.77. The Morgan fingerprint density at radius 3 is 2.39 bits per heavy atom. The van der Waals surface area contributed by atoms with Gasteiger partial charge in [-0.05, 0) is 29.8 Å². The van der Waals surface area contributed by atoms with Crippen molar-refractivity contribution >= 4 is 21.6 Å². The number of nitrogens with one attached hydrogen (secondary N) is 2. The van der Waals surface area contributed by atoms with Gasteiger partial charge in [-0.15, -0.1) is 13.2 Å². The first-order valence-corrected chi connectivity index (χ1v) is 11.0. The van der Waals surface area contributed by atoms with E-state index < -0.39 is 39.0 Å². The number of benzene rings is 2. The van der Waals surface area contributed by atoms with E-state index >= 15 is 0 Å². The summed E-state index contributed by atoms with van der Waals surface area (Å²) in [5.41, 5.74) is 0.210. The van der Waals surface area contributed by atoms with E-state index in [1.165, 1.54) is 12.1 Å². The lowest BCUT2D eigenvalue weighted by Crippen LogP contribution is -2.59. The normalized spacial score (nSPS) is 17.4. The molecule has 2 N–H and O–H groups in total. The van der Waals surface area contributed by atoms with Gasteiger partial charge in [0, 0.05) is 38.3 Å². The standard InChI is InChI=1S/C19H19F3N4O6S/c20-19(21,22)32-15-5-1-13(2-6-15)11-24-18(27)17-12-23-9-10-25(17)33(30,31)16-7-3-14(4-8-16)26(28)29/h1-8,17,23H,9-12H2,(H,24,27). The Bertz CT molecular complexity index is 1110. The minimum atomic E-state index is -4.82. The lowest BCUT2D eigenvalue weighted by molar-refractivity contribution is -0.384. The van der Waals surface area contributed by atoms with Crippen LogP contribution in [0.1, 0.15) is 5.56 Å². The number of sulfonamides is 1. The Kier molecular flexibility index (Phi) is 7.19. The van der Waals surface area contributed by atoms with Crippen molar-refractivity contribution in [1.29, 1.82) is 0 Å². The van der Waals surface area contributed by atoms with E-state index in [-0.39, 0.29) is 30.2 Å². The first-order valence-electron chi connectivity index (χ1n) is 9.57. The van der Waals surface area contributed by atoms with Crippen LogP contribution >= 0.6 is 0 Å². The summed E-state index contributed by atoms with van der Waals surface area (Å²) in [6.45, 7) is 0.293. The topological polar surface area (TPSA) is 131 Å². The van der Waals surface area contributed by atoms with Gasteiger partial charge < -0.3 is 15.4 Å². The monoisotopic (exact) mass is 488 g/mol. The highest BCUT2D eigenvalue weighted by Crippen LogP contribution is 2.24. The summed E-state index contributed by atoms with van der Waals surface area (Å²) < 4.78 is 67.6. The van der Waals surface area contributed by atoms with Crippen LogP contribution in [-0.2, 0) is 21.4 Å². The van der Waals surface area contributed by atoms with E-state index in [1.54, 1.807) is 0 Å². The minimum absolute atomic E-state index is 0.000879. The Labute approximate surface area is 186 Å². The number of carbonyl (C=O) groups is 1. The van der Waals surface area contributed by atoms with Crippen molar-refractivity contribution in [2.75, 3.05) is 19.6 Å². The number of nitrogens with zero attached hydrogens (tertiary/aromatic N) is 2. The van der Waals surface area contributed by atoms with Crippen LogP contribution in [-0.4, -0.2) is 55.6 Å². The summed E-state index contributed by atoms with van der Waals surface area (Å²) in [5.74, 6) is -1.02. The molecule has 1 aliphatic rings. The molecule has 1 atom stereocenters. The van der Waals surface area contributed by atoms with Gasteiger partial charge in [0.15, 0.2) is 0 Å². The van der Waals surface area contributed by atoms with Crippen LogP contribution in [0.3, 0.4) is 0 Å². The van der Waals surface area contributed by atoms with Gasteiger partial charge >= 0.3 is 6.36 Å². The Balaban J connectivity index is 1.69. The molecule has 1 heterocycles. The Morgan fingerprint density at radius 2 is 1.82 bits per heavy atom. The predicted molar refractivity (Wildman–Crippen MR) is 109 cm³/mol. The lowest BCUT2D eigenvalue weighted by Gasteiger charge is -2.34. The number of nitro groups is 1. The van der Waals surface area contributed by atoms with Crippen LogP contribution in [0, 0.1) is 10.1 Å². The van der Waals surface area contributed by atoms with Gasteiger partial charge in [-0.2, -0.15) is 4.31 Å². The molecule has 0 saturated carbocycles. The van der Waals surface area contributed by atoms with Gasteiger partial charge in [-0.1, -0.05) is 12.1 Å². The second kappa shape index (κ2) is 9.72. The van der Waals surface area contributed by atoms with Crippen LogP contribution < -0.4 is 15.4 Å². The second-order valence-electron chi connectivity index (χ2n) is 7.00. The van der Waals surface area contributed by atoms with Crippen LogP contribution in [0.2, 0.25) is 0 Å². The predicted octanol–water partition coefficient (Wildman–Crippen LogP) is 1.77. The number of nitro benzene ring substituents is 1. The van der Waals surface area contributed by atoms with Gasteiger partial charge in [0.05, 0.1) is 9.82 Å². The van der Waals surface area contributed by atoms with Crippen LogP contribution in [0.4, 0.5) is 18.9 Å². The highest BCUT2D eigenvalue weighted by atomic mass is 32.2. The molecular weight excluding hydrogens is 469 g/mol. The number of hydrogen-bond donors (Lipinski definition) is 2. The molecule has 1 fully saturated rings. The van der Waals surface area contributed by atoms with Gasteiger partial charge in [0.2, 0.25) is 15.9 Å².